The second-order valence-corrected chi connectivity index (χ2v) is 8.75. The van der Waals surface area contributed by atoms with Crippen molar-refractivity contribution in [1.29, 1.82) is 0 Å². The highest BCUT2D eigenvalue weighted by Crippen LogP contribution is 2.38. The summed E-state index contributed by atoms with van der Waals surface area (Å²) < 4.78 is 21.2. The van der Waals surface area contributed by atoms with Crippen molar-refractivity contribution in [2.24, 2.45) is 0 Å². The third kappa shape index (κ3) is 4.61. The molecule has 1 N–H and O–H groups in total. The second-order valence-electron chi connectivity index (χ2n) is 8.75. The van der Waals surface area contributed by atoms with Gasteiger partial charge in [0.1, 0.15) is 5.82 Å². The fourth-order valence-electron chi connectivity index (χ4n) is 3.57. The largest absolute Gasteiger partial charge is 0.413 e. The van der Waals surface area contributed by atoms with E-state index in [1.54, 1.807) is 16.9 Å². The number of carbonyl (C=O) groups excluding carboxylic acids is 1. The molecule has 4 rings (SSSR count). The molecule has 0 radical (unpaired) electrons. The molecule has 4 aromatic rings. The molecule has 0 saturated heterocycles. The molecular formula is C25H25FN4O2. The van der Waals surface area contributed by atoms with Gasteiger partial charge in [-0.1, -0.05) is 36.4 Å². The van der Waals surface area contributed by atoms with Gasteiger partial charge in [0.05, 0.1) is 24.3 Å². The van der Waals surface area contributed by atoms with Crippen molar-refractivity contribution in [1.82, 2.24) is 20.1 Å². The molecular weight excluding hydrogens is 407 g/mol. The van der Waals surface area contributed by atoms with E-state index in [1.807, 2.05) is 58.0 Å². The lowest BCUT2D eigenvalue weighted by Crippen LogP contribution is -2.42. The smallest absolute Gasteiger partial charge is 0.408 e. The number of fused-ring (bicyclic) bond motifs is 1. The molecule has 6 nitrogen and oxygen atoms in total. The standard InChI is InChI=1S/C25H25FN4O2/c1-16-12-18(26)10-11-19(16)22-20-13-28-30(15-17-8-6-5-7-9-17)23(20)27-14-21(22)32-24(31)29-25(2,3)4/h5-14H,15H2,1-4H3,(H,29,31). The SMILES string of the molecule is Cc1cc(F)ccc1-c1c(OC(=O)NC(C)(C)C)cnc2c1cnn2Cc1ccccc1. The average molecular weight is 432 g/mol. The monoisotopic (exact) mass is 432 g/mol. The van der Waals surface area contributed by atoms with Crippen LogP contribution in [-0.2, 0) is 6.54 Å². The minimum atomic E-state index is -0.587. The molecule has 7 heteroatoms. The highest BCUT2D eigenvalue weighted by molar-refractivity contribution is 5.97. The summed E-state index contributed by atoms with van der Waals surface area (Å²) in [5.41, 5.74) is 3.39. The van der Waals surface area contributed by atoms with E-state index in [-0.39, 0.29) is 11.6 Å². The summed E-state index contributed by atoms with van der Waals surface area (Å²) in [6.45, 7) is 7.97. The summed E-state index contributed by atoms with van der Waals surface area (Å²) in [7, 11) is 0. The Morgan fingerprint density at radius 2 is 1.88 bits per heavy atom. The Kier molecular flexibility index (Phi) is 5.65. The van der Waals surface area contributed by atoms with Crippen molar-refractivity contribution in [2.75, 3.05) is 0 Å². The van der Waals surface area contributed by atoms with Gasteiger partial charge in [-0.05, 0) is 56.5 Å². The molecule has 2 aromatic heterocycles. The number of aryl methyl sites for hydroxylation is 1. The number of amides is 1. The third-order valence-corrected chi connectivity index (χ3v) is 4.94. The van der Waals surface area contributed by atoms with E-state index in [9.17, 15) is 9.18 Å². The van der Waals surface area contributed by atoms with Crippen LogP contribution in [0.15, 0.2) is 60.9 Å². The maximum Gasteiger partial charge on any atom is 0.413 e. The molecule has 0 aliphatic heterocycles. The number of rotatable bonds is 4. The average Bonchev–Trinajstić information content (AvgIpc) is 3.11. The van der Waals surface area contributed by atoms with Gasteiger partial charge in [0, 0.05) is 11.1 Å². The van der Waals surface area contributed by atoms with Crippen molar-refractivity contribution in [3.63, 3.8) is 0 Å². The molecule has 1 amide bonds. The zero-order valence-corrected chi connectivity index (χ0v) is 18.5. The van der Waals surface area contributed by atoms with E-state index in [1.165, 1.54) is 18.3 Å². The van der Waals surface area contributed by atoms with Crippen LogP contribution in [0.5, 0.6) is 5.75 Å². The Morgan fingerprint density at radius 1 is 1.12 bits per heavy atom. The Labute approximate surface area is 186 Å². The first-order valence-corrected chi connectivity index (χ1v) is 10.4. The zero-order chi connectivity index (χ0) is 22.9. The minimum absolute atomic E-state index is 0.285. The van der Waals surface area contributed by atoms with Gasteiger partial charge in [0.25, 0.3) is 0 Å². The number of nitrogens with one attached hydrogen (secondary N) is 1. The molecule has 0 aliphatic carbocycles. The van der Waals surface area contributed by atoms with E-state index in [0.717, 1.165) is 22.1 Å². The van der Waals surface area contributed by atoms with Gasteiger partial charge in [-0.15, -0.1) is 0 Å². The van der Waals surface area contributed by atoms with Crippen molar-refractivity contribution >= 4 is 17.1 Å². The minimum Gasteiger partial charge on any atom is -0.408 e. The normalized spacial score (nSPS) is 11.5. The zero-order valence-electron chi connectivity index (χ0n) is 18.5. The van der Waals surface area contributed by atoms with Crippen molar-refractivity contribution in [2.45, 2.75) is 39.8 Å². The van der Waals surface area contributed by atoms with Crippen LogP contribution in [0.25, 0.3) is 22.2 Å². The number of aromatic nitrogens is 3. The van der Waals surface area contributed by atoms with Gasteiger partial charge in [0.2, 0.25) is 0 Å². The lowest BCUT2D eigenvalue weighted by molar-refractivity contribution is 0.190. The predicted octanol–water partition coefficient (Wildman–Crippen LogP) is 5.48. The van der Waals surface area contributed by atoms with Crippen LogP contribution in [0, 0.1) is 12.7 Å². The Balaban J connectivity index is 1.83. The van der Waals surface area contributed by atoms with Crippen LogP contribution in [-0.4, -0.2) is 26.4 Å². The highest BCUT2D eigenvalue weighted by atomic mass is 19.1. The van der Waals surface area contributed by atoms with Gasteiger partial charge in [-0.25, -0.2) is 18.9 Å². The number of pyridine rings is 1. The van der Waals surface area contributed by atoms with Gasteiger partial charge in [0.15, 0.2) is 11.4 Å². The van der Waals surface area contributed by atoms with Crippen LogP contribution in [0.2, 0.25) is 0 Å². The molecule has 32 heavy (non-hydrogen) atoms. The van der Waals surface area contributed by atoms with Gasteiger partial charge < -0.3 is 10.1 Å². The first-order chi connectivity index (χ1) is 15.2. The lowest BCUT2D eigenvalue weighted by atomic mass is 9.98. The van der Waals surface area contributed by atoms with Crippen molar-refractivity contribution in [3.05, 3.63) is 77.9 Å². The van der Waals surface area contributed by atoms with Crippen LogP contribution in [0.1, 0.15) is 31.9 Å². The summed E-state index contributed by atoms with van der Waals surface area (Å²) in [6.07, 6.45) is 2.64. The maximum absolute atomic E-state index is 13.8. The molecule has 2 aromatic carbocycles. The van der Waals surface area contributed by atoms with E-state index in [4.69, 9.17) is 4.74 Å². The quantitative estimate of drug-likeness (QED) is 0.464. The molecule has 2 heterocycles. The van der Waals surface area contributed by atoms with Crippen LogP contribution < -0.4 is 10.1 Å². The number of benzene rings is 2. The number of hydrogen-bond donors (Lipinski definition) is 1. The number of halogens is 1. The fourth-order valence-corrected chi connectivity index (χ4v) is 3.57. The topological polar surface area (TPSA) is 69.0 Å². The molecule has 0 spiro atoms. The second kappa shape index (κ2) is 8.42. The fraction of sp³-hybridized carbons (Fsp3) is 0.240. The molecule has 0 unspecified atom stereocenters. The molecule has 0 aliphatic rings. The van der Waals surface area contributed by atoms with E-state index in [2.05, 4.69) is 15.4 Å². The summed E-state index contributed by atoms with van der Waals surface area (Å²) in [5, 5.41) is 8.03. The number of hydrogen-bond acceptors (Lipinski definition) is 4. The molecule has 0 saturated carbocycles. The number of carbonyl (C=O) groups is 1. The van der Waals surface area contributed by atoms with E-state index < -0.39 is 11.6 Å². The first kappa shape index (κ1) is 21.5. The summed E-state index contributed by atoms with van der Waals surface area (Å²) in [6, 6.07) is 14.5. The lowest BCUT2D eigenvalue weighted by Gasteiger charge is -2.21. The number of nitrogens with zero attached hydrogens (tertiary/aromatic N) is 3. The van der Waals surface area contributed by atoms with E-state index >= 15 is 0 Å². The van der Waals surface area contributed by atoms with Crippen molar-refractivity contribution < 1.29 is 13.9 Å². The first-order valence-electron chi connectivity index (χ1n) is 10.4. The van der Waals surface area contributed by atoms with Crippen LogP contribution >= 0.6 is 0 Å². The van der Waals surface area contributed by atoms with E-state index in [0.29, 0.717) is 17.8 Å². The van der Waals surface area contributed by atoms with Gasteiger partial charge >= 0.3 is 6.09 Å². The Bertz CT molecular complexity index is 1280. The predicted molar refractivity (Wildman–Crippen MR) is 122 cm³/mol. The Hall–Kier alpha value is -3.74. The summed E-state index contributed by atoms with van der Waals surface area (Å²) in [5.74, 6) is -0.0440. The van der Waals surface area contributed by atoms with Crippen LogP contribution in [0.4, 0.5) is 9.18 Å². The molecule has 0 atom stereocenters. The molecule has 0 bridgehead atoms. The van der Waals surface area contributed by atoms with Gasteiger partial charge in [-0.2, -0.15) is 5.10 Å². The summed E-state index contributed by atoms with van der Waals surface area (Å²) in [4.78, 5) is 17.0. The maximum atomic E-state index is 13.8. The molecule has 0 fully saturated rings. The number of ether oxygens (including phenoxy) is 1. The van der Waals surface area contributed by atoms with Crippen molar-refractivity contribution in [3.8, 4) is 16.9 Å². The molecule has 164 valence electrons. The Morgan fingerprint density at radius 3 is 2.56 bits per heavy atom. The van der Waals surface area contributed by atoms with Gasteiger partial charge in [-0.3, -0.25) is 0 Å². The summed E-state index contributed by atoms with van der Waals surface area (Å²) >= 11 is 0. The third-order valence-electron chi connectivity index (χ3n) is 4.94. The van der Waals surface area contributed by atoms with Crippen LogP contribution in [0.3, 0.4) is 0 Å². The highest BCUT2D eigenvalue weighted by Gasteiger charge is 2.22.